The first-order valence-electron chi connectivity index (χ1n) is 10.3. The van der Waals surface area contributed by atoms with Gasteiger partial charge < -0.3 is 9.80 Å². The minimum Gasteiger partial charge on any atom is -0.347 e. The van der Waals surface area contributed by atoms with Gasteiger partial charge in [-0.05, 0) is 52.0 Å². The first kappa shape index (κ1) is 21.2. The van der Waals surface area contributed by atoms with E-state index in [1.54, 1.807) is 30.0 Å². The number of aryl methyl sites for hydroxylation is 1. The van der Waals surface area contributed by atoms with Gasteiger partial charge in [0.25, 0.3) is 5.82 Å². The van der Waals surface area contributed by atoms with Crippen LogP contribution in [0.1, 0.15) is 37.7 Å². The lowest BCUT2D eigenvalue weighted by Crippen LogP contribution is -2.43. The summed E-state index contributed by atoms with van der Waals surface area (Å²) in [5, 5.41) is 0. The number of rotatable bonds is 3. The van der Waals surface area contributed by atoms with Crippen molar-refractivity contribution in [1.29, 1.82) is 0 Å². The molecule has 7 heteroatoms. The molecule has 0 spiro atoms. The SMILES string of the molecule is Cc1c(N2c3ccccc3N(C(C)C)[C@H]2C)cc(C(F)(F)F)cc1-[n+]1cccnc1C. The highest BCUT2D eigenvalue weighted by Gasteiger charge is 2.39. The van der Waals surface area contributed by atoms with Gasteiger partial charge in [0.1, 0.15) is 24.2 Å². The van der Waals surface area contributed by atoms with Gasteiger partial charge in [-0.3, -0.25) is 0 Å². The second-order valence-corrected chi connectivity index (χ2v) is 8.17. The number of aromatic nitrogens is 2. The first-order valence-corrected chi connectivity index (χ1v) is 10.3. The van der Waals surface area contributed by atoms with Crippen LogP contribution in [0.3, 0.4) is 0 Å². The van der Waals surface area contributed by atoms with Gasteiger partial charge in [-0.15, -0.1) is 0 Å². The van der Waals surface area contributed by atoms with Gasteiger partial charge >= 0.3 is 6.18 Å². The Morgan fingerprint density at radius 1 is 1.00 bits per heavy atom. The zero-order valence-electron chi connectivity index (χ0n) is 18.3. The quantitative estimate of drug-likeness (QED) is 0.501. The Bertz CT molecular complexity index is 1120. The largest absolute Gasteiger partial charge is 0.416 e. The third-order valence-electron chi connectivity index (χ3n) is 5.88. The molecule has 4 rings (SSSR count). The van der Waals surface area contributed by atoms with Crippen molar-refractivity contribution < 1.29 is 17.7 Å². The van der Waals surface area contributed by atoms with Gasteiger partial charge in [0.05, 0.1) is 22.6 Å². The Labute approximate surface area is 180 Å². The number of benzene rings is 2. The summed E-state index contributed by atoms with van der Waals surface area (Å²) in [5.74, 6) is 0.620. The number of para-hydroxylation sites is 2. The number of fused-ring (bicyclic) bond motifs is 1. The topological polar surface area (TPSA) is 23.2 Å². The molecule has 0 amide bonds. The molecule has 1 atom stereocenters. The van der Waals surface area contributed by atoms with Crippen LogP contribution in [0.2, 0.25) is 0 Å². The van der Waals surface area contributed by atoms with Gasteiger partial charge in [0.2, 0.25) is 0 Å². The summed E-state index contributed by atoms with van der Waals surface area (Å²) in [5.41, 5.74) is 3.04. The molecule has 31 heavy (non-hydrogen) atoms. The third kappa shape index (κ3) is 3.52. The minimum atomic E-state index is -4.46. The molecule has 0 aliphatic carbocycles. The van der Waals surface area contributed by atoms with Crippen molar-refractivity contribution in [3.8, 4) is 5.69 Å². The van der Waals surface area contributed by atoms with E-state index in [9.17, 15) is 13.2 Å². The van der Waals surface area contributed by atoms with Crippen LogP contribution in [0.5, 0.6) is 0 Å². The standard InChI is InChI=1S/C24H26F3N4/c1-15(2)30-18(5)31(21-10-7-6-9-20(21)30)23-14-19(24(25,26)27)13-22(16(23)3)29-12-8-11-28-17(29)4/h6-15,18H,1-5H3/q+1/t18-/m1/s1. The van der Waals surface area contributed by atoms with Crippen molar-refractivity contribution in [3.05, 3.63) is 71.8 Å². The zero-order chi connectivity index (χ0) is 22.5. The normalized spacial score (nSPS) is 16.2. The van der Waals surface area contributed by atoms with Crippen molar-refractivity contribution in [1.82, 2.24) is 4.98 Å². The monoisotopic (exact) mass is 427 g/mol. The average molecular weight is 427 g/mol. The van der Waals surface area contributed by atoms with E-state index < -0.39 is 11.7 Å². The van der Waals surface area contributed by atoms with Gasteiger partial charge in [0, 0.05) is 24.6 Å². The summed E-state index contributed by atoms with van der Waals surface area (Å²) < 4.78 is 43.5. The lowest BCUT2D eigenvalue weighted by molar-refractivity contribution is -0.606. The smallest absolute Gasteiger partial charge is 0.347 e. The second-order valence-electron chi connectivity index (χ2n) is 8.17. The summed E-state index contributed by atoms with van der Waals surface area (Å²) in [4.78, 5) is 8.50. The molecule has 0 fully saturated rings. The van der Waals surface area contributed by atoms with Crippen molar-refractivity contribution >= 4 is 17.1 Å². The highest BCUT2D eigenvalue weighted by Crippen LogP contribution is 2.47. The van der Waals surface area contributed by atoms with Crippen LogP contribution in [0.15, 0.2) is 54.9 Å². The third-order valence-corrected chi connectivity index (χ3v) is 5.88. The van der Waals surface area contributed by atoms with Gasteiger partial charge in [-0.1, -0.05) is 17.1 Å². The van der Waals surface area contributed by atoms with Gasteiger partial charge in [0.15, 0.2) is 0 Å². The zero-order valence-corrected chi connectivity index (χ0v) is 18.3. The molecule has 1 aliphatic rings. The summed E-state index contributed by atoms with van der Waals surface area (Å²) in [7, 11) is 0. The molecule has 0 bridgehead atoms. The van der Waals surface area contributed by atoms with Crippen LogP contribution in [0.25, 0.3) is 5.69 Å². The van der Waals surface area contributed by atoms with Crippen LogP contribution in [-0.2, 0) is 6.18 Å². The van der Waals surface area contributed by atoms with Crippen molar-refractivity contribution in [2.24, 2.45) is 0 Å². The molecule has 0 unspecified atom stereocenters. The van der Waals surface area contributed by atoms with E-state index in [2.05, 4.69) is 23.7 Å². The lowest BCUT2D eigenvalue weighted by Gasteiger charge is -2.34. The molecule has 0 saturated heterocycles. The summed E-state index contributed by atoms with van der Waals surface area (Å²) >= 11 is 0. The maximum Gasteiger partial charge on any atom is 0.416 e. The summed E-state index contributed by atoms with van der Waals surface area (Å²) in [6, 6.07) is 12.3. The van der Waals surface area contributed by atoms with Crippen molar-refractivity contribution in [3.63, 3.8) is 0 Å². The summed E-state index contributed by atoms with van der Waals surface area (Å²) in [6.07, 6.45) is -1.22. The Morgan fingerprint density at radius 3 is 2.29 bits per heavy atom. The molecule has 0 N–H and O–H groups in total. The van der Waals surface area contributed by atoms with E-state index in [1.807, 2.05) is 43.0 Å². The van der Waals surface area contributed by atoms with E-state index >= 15 is 0 Å². The average Bonchev–Trinajstić information content (AvgIpc) is 3.00. The van der Waals surface area contributed by atoms with E-state index in [0.717, 1.165) is 16.9 Å². The number of nitrogens with zero attached hydrogens (tertiary/aromatic N) is 4. The molecule has 2 aromatic carbocycles. The van der Waals surface area contributed by atoms with E-state index in [0.29, 0.717) is 17.2 Å². The van der Waals surface area contributed by atoms with Crippen molar-refractivity contribution in [2.45, 2.75) is 53.0 Å². The Kier molecular flexibility index (Phi) is 5.15. The molecule has 4 nitrogen and oxygen atoms in total. The molecule has 0 saturated carbocycles. The number of hydrogen-bond acceptors (Lipinski definition) is 3. The van der Waals surface area contributed by atoms with E-state index in [1.165, 1.54) is 12.1 Å². The molecule has 2 heterocycles. The second kappa shape index (κ2) is 7.55. The first-order chi connectivity index (χ1) is 14.6. The summed E-state index contributed by atoms with van der Waals surface area (Å²) in [6.45, 7) is 9.87. The highest BCUT2D eigenvalue weighted by atomic mass is 19.4. The fourth-order valence-electron chi connectivity index (χ4n) is 4.50. The van der Waals surface area contributed by atoms with Crippen LogP contribution in [0, 0.1) is 13.8 Å². The molecule has 0 radical (unpaired) electrons. The maximum absolute atomic E-state index is 13.9. The molecular formula is C24H26F3N4+. The van der Waals surface area contributed by atoms with E-state index in [-0.39, 0.29) is 12.2 Å². The van der Waals surface area contributed by atoms with Crippen LogP contribution in [0.4, 0.5) is 30.2 Å². The van der Waals surface area contributed by atoms with Crippen LogP contribution >= 0.6 is 0 Å². The predicted octanol–water partition coefficient (Wildman–Crippen LogP) is 5.71. The fraction of sp³-hybridized carbons (Fsp3) is 0.333. The molecule has 3 aromatic rings. The van der Waals surface area contributed by atoms with Gasteiger partial charge in [-0.2, -0.15) is 13.2 Å². The molecular weight excluding hydrogens is 401 g/mol. The van der Waals surface area contributed by atoms with Crippen molar-refractivity contribution in [2.75, 3.05) is 9.80 Å². The van der Waals surface area contributed by atoms with E-state index in [4.69, 9.17) is 0 Å². The van der Waals surface area contributed by atoms with Crippen LogP contribution < -0.4 is 14.4 Å². The lowest BCUT2D eigenvalue weighted by atomic mass is 10.0. The molecule has 1 aromatic heterocycles. The predicted molar refractivity (Wildman–Crippen MR) is 116 cm³/mol. The number of anilines is 3. The Hall–Kier alpha value is -3.09. The maximum atomic E-state index is 13.9. The number of alkyl halides is 3. The number of halogens is 3. The van der Waals surface area contributed by atoms with Gasteiger partial charge in [-0.25, -0.2) is 4.57 Å². The molecule has 162 valence electrons. The highest BCUT2D eigenvalue weighted by molar-refractivity contribution is 5.85. The fourth-order valence-corrected chi connectivity index (χ4v) is 4.50. The molecule has 1 aliphatic heterocycles. The van der Waals surface area contributed by atoms with Crippen LogP contribution in [-0.4, -0.2) is 17.2 Å². The Balaban J connectivity index is 1.99. The minimum absolute atomic E-state index is 0.132. The number of hydrogen-bond donors (Lipinski definition) is 0. The Morgan fingerprint density at radius 2 is 1.68 bits per heavy atom.